The van der Waals surface area contributed by atoms with E-state index < -0.39 is 0 Å². The number of halogens is 1. The van der Waals surface area contributed by atoms with Crippen LogP contribution in [0.2, 0.25) is 0 Å². The number of carbonyl (C=O) groups excluding carboxylic acids is 1. The van der Waals surface area contributed by atoms with Crippen LogP contribution in [0.3, 0.4) is 0 Å². The lowest BCUT2D eigenvalue weighted by molar-refractivity contribution is 0.482. The number of benzene rings is 2. The van der Waals surface area contributed by atoms with Crippen molar-refractivity contribution in [3.63, 3.8) is 0 Å². The lowest BCUT2D eigenvalue weighted by Crippen LogP contribution is -1.86. The zero-order valence-electron chi connectivity index (χ0n) is 8.31. The Morgan fingerprint density at radius 1 is 1.00 bits per heavy atom. The second-order valence-corrected chi connectivity index (χ2v) is 4.11. The summed E-state index contributed by atoms with van der Waals surface area (Å²) in [6, 6.07) is 14.4. The van der Waals surface area contributed by atoms with Crippen LogP contribution in [0.15, 0.2) is 53.0 Å². The van der Waals surface area contributed by atoms with Crippen molar-refractivity contribution >= 4 is 22.2 Å². The summed E-state index contributed by atoms with van der Waals surface area (Å²) in [4.78, 5) is 10.5. The first-order chi connectivity index (χ1) is 7.78. The van der Waals surface area contributed by atoms with Gasteiger partial charge in [-0.1, -0.05) is 34.1 Å². The zero-order valence-corrected chi connectivity index (χ0v) is 9.90. The number of ether oxygens (including phenoxy) is 1. The lowest BCUT2D eigenvalue weighted by Gasteiger charge is -2.05. The molecule has 2 rings (SSSR count). The fourth-order valence-electron chi connectivity index (χ4n) is 1.29. The smallest absolute Gasteiger partial charge is 0.233 e. The van der Waals surface area contributed by atoms with E-state index in [1.807, 2.05) is 30.6 Å². The van der Waals surface area contributed by atoms with Crippen molar-refractivity contribution in [3.05, 3.63) is 58.6 Å². The summed E-state index contributed by atoms with van der Waals surface area (Å²) < 4.78 is 6.54. The van der Waals surface area contributed by atoms with E-state index in [2.05, 4.69) is 15.9 Å². The van der Waals surface area contributed by atoms with E-state index in [9.17, 15) is 4.79 Å². The highest BCUT2D eigenvalue weighted by atomic mass is 79.9. The van der Waals surface area contributed by atoms with E-state index in [1.165, 1.54) is 0 Å². The second kappa shape index (κ2) is 4.94. The molecule has 0 aliphatic heterocycles. The Morgan fingerprint density at radius 2 is 1.69 bits per heavy atom. The molecule has 3 heteroatoms. The van der Waals surface area contributed by atoms with Crippen LogP contribution in [0.4, 0.5) is 0 Å². The average molecular weight is 276 g/mol. The number of hydrogen-bond donors (Lipinski definition) is 0. The highest BCUT2D eigenvalue weighted by molar-refractivity contribution is 9.10. The molecule has 2 nitrogen and oxygen atoms in total. The van der Waals surface area contributed by atoms with E-state index in [0.717, 1.165) is 10.2 Å². The van der Waals surface area contributed by atoms with Crippen molar-refractivity contribution in [1.29, 1.82) is 0 Å². The lowest BCUT2D eigenvalue weighted by atomic mass is 10.2. The normalized spacial score (nSPS) is 9.81. The van der Waals surface area contributed by atoms with Gasteiger partial charge in [0.1, 0.15) is 11.5 Å². The molecule has 0 unspecified atom stereocenters. The first kappa shape index (κ1) is 10.9. The summed E-state index contributed by atoms with van der Waals surface area (Å²) in [5, 5.41) is 0. The summed E-state index contributed by atoms with van der Waals surface area (Å²) >= 11 is 3.36. The van der Waals surface area contributed by atoms with E-state index in [-0.39, 0.29) is 0 Å². The number of rotatable bonds is 3. The molecule has 1 radical (unpaired) electrons. The van der Waals surface area contributed by atoms with Crippen LogP contribution in [-0.2, 0) is 4.79 Å². The Bertz CT molecular complexity index is 509. The fraction of sp³-hybridized carbons (Fsp3) is 0. The van der Waals surface area contributed by atoms with Crippen LogP contribution in [0, 0.1) is 0 Å². The summed E-state index contributed by atoms with van der Waals surface area (Å²) in [6.45, 7) is 0. The van der Waals surface area contributed by atoms with Crippen molar-refractivity contribution < 1.29 is 9.53 Å². The minimum Gasteiger partial charge on any atom is -0.457 e. The van der Waals surface area contributed by atoms with E-state index >= 15 is 0 Å². The topological polar surface area (TPSA) is 26.3 Å². The molecule has 0 aromatic heterocycles. The van der Waals surface area contributed by atoms with Gasteiger partial charge in [0.05, 0.1) is 0 Å². The third-order valence-corrected chi connectivity index (χ3v) is 2.48. The van der Waals surface area contributed by atoms with Gasteiger partial charge in [-0.25, -0.2) is 0 Å². The van der Waals surface area contributed by atoms with Gasteiger partial charge in [0.15, 0.2) is 0 Å². The van der Waals surface area contributed by atoms with Gasteiger partial charge in [-0.3, -0.25) is 4.79 Å². The summed E-state index contributed by atoms with van der Waals surface area (Å²) in [5.41, 5.74) is 0.479. The molecule has 0 fully saturated rings. The van der Waals surface area contributed by atoms with Gasteiger partial charge in [-0.05, 0) is 30.3 Å². The van der Waals surface area contributed by atoms with Crippen LogP contribution >= 0.6 is 15.9 Å². The molecule has 0 amide bonds. The molecule has 0 aliphatic carbocycles. The molecule has 0 heterocycles. The van der Waals surface area contributed by atoms with Gasteiger partial charge in [0.25, 0.3) is 0 Å². The Hall–Kier alpha value is -1.61. The largest absolute Gasteiger partial charge is 0.457 e. The van der Waals surface area contributed by atoms with Crippen LogP contribution in [0.5, 0.6) is 11.5 Å². The molecule has 0 aliphatic rings. The van der Waals surface area contributed by atoms with Gasteiger partial charge < -0.3 is 4.74 Å². The minimum absolute atomic E-state index is 0.479. The second-order valence-electron chi connectivity index (χ2n) is 3.19. The van der Waals surface area contributed by atoms with Crippen molar-refractivity contribution in [3.8, 4) is 11.5 Å². The van der Waals surface area contributed by atoms with Crippen molar-refractivity contribution in [2.24, 2.45) is 0 Å². The molecule has 0 N–H and O–H groups in total. The third kappa shape index (κ3) is 2.70. The zero-order chi connectivity index (χ0) is 11.4. The molecular weight excluding hydrogens is 268 g/mol. The standard InChI is InChI=1S/C13H8BrO2/c14-11-4-2-6-13(8-11)16-12-5-1-3-10(7-12)9-15/h1-8H. The van der Waals surface area contributed by atoms with Gasteiger partial charge in [0.2, 0.25) is 6.29 Å². The van der Waals surface area contributed by atoms with Crippen LogP contribution in [-0.4, -0.2) is 6.29 Å². The highest BCUT2D eigenvalue weighted by Crippen LogP contribution is 2.24. The molecule has 0 saturated heterocycles. The van der Waals surface area contributed by atoms with Gasteiger partial charge >= 0.3 is 0 Å². The SMILES string of the molecule is O=[C]c1cccc(Oc2cccc(Br)c2)c1. The summed E-state index contributed by atoms with van der Waals surface area (Å²) in [6.07, 6.45) is 1.83. The first-order valence-electron chi connectivity index (χ1n) is 4.69. The quantitative estimate of drug-likeness (QED) is 0.854. The van der Waals surface area contributed by atoms with Gasteiger partial charge in [-0.15, -0.1) is 0 Å². The Kier molecular flexibility index (Phi) is 3.37. The predicted octanol–water partition coefficient (Wildman–Crippen LogP) is 3.70. The van der Waals surface area contributed by atoms with Crippen LogP contribution in [0.1, 0.15) is 5.56 Å². The van der Waals surface area contributed by atoms with Gasteiger partial charge in [0, 0.05) is 10.0 Å². The summed E-state index contributed by atoms with van der Waals surface area (Å²) in [7, 11) is 0. The maximum Gasteiger partial charge on any atom is 0.233 e. The molecule has 0 saturated carbocycles. The van der Waals surface area contributed by atoms with E-state index in [0.29, 0.717) is 11.3 Å². The molecule has 2 aromatic carbocycles. The molecular formula is C13H8BrO2. The summed E-state index contributed by atoms with van der Waals surface area (Å²) in [5.74, 6) is 1.34. The molecule has 0 atom stereocenters. The highest BCUT2D eigenvalue weighted by Gasteiger charge is 1.99. The van der Waals surface area contributed by atoms with Crippen molar-refractivity contribution in [2.75, 3.05) is 0 Å². The minimum atomic E-state index is 0.479. The first-order valence-corrected chi connectivity index (χ1v) is 5.49. The fourth-order valence-corrected chi connectivity index (χ4v) is 1.67. The van der Waals surface area contributed by atoms with E-state index in [4.69, 9.17) is 4.74 Å². The maximum atomic E-state index is 10.5. The number of hydrogen-bond acceptors (Lipinski definition) is 2. The molecule has 79 valence electrons. The third-order valence-electron chi connectivity index (χ3n) is 1.98. The molecule has 0 bridgehead atoms. The van der Waals surface area contributed by atoms with Crippen molar-refractivity contribution in [2.45, 2.75) is 0 Å². The van der Waals surface area contributed by atoms with Gasteiger partial charge in [-0.2, -0.15) is 0 Å². The van der Waals surface area contributed by atoms with E-state index in [1.54, 1.807) is 24.3 Å². The Morgan fingerprint density at radius 3 is 2.38 bits per heavy atom. The van der Waals surface area contributed by atoms with Crippen LogP contribution in [0.25, 0.3) is 0 Å². The predicted molar refractivity (Wildman–Crippen MR) is 65.5 cm³/mol. The Labute approximate surface area is 102 Å². The molecule has 2 aromatic rings. The van der Waals surface area contributed by atoms with Crippen molar-refractivity contribution in [1.82, 2.24) is 0 Å². The van der Waals surface area contributed by atoms with Crippen LogP contribution < -0.4 is 4.74 Å². The Balaban J connectivity index is 2.23. The molecule has 0 spiro atoms. The average Bonchev–Trinajstić information content (AvgIpc) is 2.29. The molecule has 16 heavy (non-hydrogen) atoms. The maximum absolute atomic E-state index is 10.5. The monoisotopic (exact) mass is 275 g/mol.